The van der Waals surface area contributed by atoms with Crippen LogP contribution in [0, 0.1) is 0 Å². The van der Waals surface area contributed by atoms with Crippen LogP contribution in [-0.2, 0) is 13.0 Å². The molecule has 0 aliphatic heterocycles. The molecule has 2 rings (SSSR count). The third kappa shape index (κ3) is 3.31. The van der Waals surface area contributed by atoms with Crippen LogP contribution in [0.5, 0.6) is 0 Å². The molecular formula is C14H18N2OS. The van der Waals surface area contributed by atoms with E-state index >= 15 is 0 Å². The molecule has 0 fully saturated rings. The number of aromatic nitrogens is 1. The fraction of sp³-hybridized carbons (Fsp3) is 0.357. The van der Waals surface area contributed by atoms with Crippen LogP contribution >= 0.6 is 11.3 Å². The zero-order chi connectivity index (χ0) is 12.8. The Bertz CT molecular complexity index is 470. The molecule has 18 heavy (non-hydrogen) atoms. The summed E-state index contributed by atoms with van der Waals surface area (Å²) in [5.74, 6) is 0. The third-order valence-corrected chi connectivity index (χ3v) is 3.71. The largest absolute Gasteiger partial charge is 0.395 e. The normalized spacial score (nSPS) is 10.6. The molecule has 0 amide bonds. The van der Waals surface area contributed by atoms with E-state index in [1.165, 1.54) is 5.56 Å². The molecule has 0 saturated carbocycles. The molecule has 1 aromatic heterocycles. The first kappa shape index (κ1) is 13.1. The number of thiazole rings is 1. The van der Waals surface area contributed by atoms with E-state index in [4.69, 9.17) is 0 Å². The molecule has 4 heteroatoms. The van der Waals surface area contributed by atoms with E-state index in [0.717, 1.165) is 23.8 Å². The maximum atomic E-state index is 9.18. The summed E-state index contributed by atoms with van der Waals surface area (Å²) in [7, 11) is 0. The van der Waals surface area contributed by atoms with Gasteiger partial charge in [-0.1, -0.05) is 37.3 Å². The van der Waals surface area contributed by atoms with Crippen LogP contribution in [0.4, 0.5) is 5.13 Å². The van der Waals surface area contributed by atoms with Gasteiger partial charge in [0.2, 0.25) is 0 Å². The van der Waals surface area contributed by atoms with E-state index < -0.39 is 0 Å². The van der Waals surface area contributed by atoms with E-state index in [2.05, 4.69) is 34.3 Å². The first-order chi connectivity index (χ1) is 8.83. The zero-order valence-electron chi connectivity index (χ0n) is 10.5. The predicted molar refractivity (Wildman–Crippen MR) is 76.1 cm³/mol. The number of rotatable bonds is 6. The molecule has 0 spiro atoms. The fourth-order valence-corrected chi connectivity index (χ4v) is 2.71. The van der Waals surface area contributed by atoms with Gasteiger partial charge in [-0.2, -0.15) is 0 Å². The molecule has 1 N–H and O–H groups in total. The van der Waals surface area contributed by atoms with Gasteiger partial charge in [0.1, 0.15) is 0 Å². The van der Waals surface area contributed by atoms with E-state index in [9.17, 15) is 5.11 Å². The van der Waals surface area contributed by atoms with Crippen molar-refractivity contribution in [3.8, 4) is 0 Å². The number of nitrogens with zero attached hydrogens (tertiary/aromatic N) is 2. The van der Waals surface area contributed by atoms with Crippen molar-refractivity contribution in [2.24, 2.45) is 0 Å². The minimum Gasteiger partial charge on any atom is -0.395 e. The maximum absolute atomic E-state index is 9.18. The van der Waals surface area contributed by atoms with Crippen LogP contribution in [0.1, 0.15) is 18.2 Å². The standard InChI is InChI=1S/C14H18N2OS/c1-2-13-11-18-14(15-13)16(8-9-17)10-12-6-4-3-5-7-12/h3-7,11,17H,2,8-10H2,1H3. The molecular weight excluding hydrogens is 244 g/mol. The van der Waals surface area contributed by atoms with Gasteiger partial charge in [0, 0.05) is 18.5 Å². The highest BCUT2D eigenvalue weighted by Gasteiger charge is 2.10. The van der Waals surface area contributed by atoms with Gasteiger partial charge in [-0.05, 0) is 12.0 Å². The molecule has 0 aliphatic carbocycles. The van der Waals surface area contributed by atoms with Crippen molar-refractivity contribution in [2.75, 3.05) is 18.1 Å². The van der Waals surface area contributed by atoms with Crippen molar-refractivity contribution in [1.29, 1.82) is 0 Å². The Morgan fingerprint density at radius 3 is 2.67 bits per heavy atom. The fourth-order valence-electron chi connectivity index (χ4n) is 1.77. The Morgan fingerprint density at radius 2 is 2.06 bits per heavy atom. The molecule has 0 atom stereocenters. The van der Waals surface area contributed by atoms with Gasteiger partial charge < -0.3 is 10.0 Å². The Labute approximate surface area is 112 Å². The average molecular weight is 262 g/mol. The summed E-state index contributed by atoms with van der Waals surface area (Å²) in [5.41, 5.74) is 2.35. The summed E-state index contributed by atoms with van der Waals surface area (Å²) in [5, 5.41) is 12.3. The topological polar surface area (TPSA) is 36.4 Å². The molecule has 96 valence electrons. The highest BCUT2D eigenvalue weighted by Crippen LogP contribution is 2.22. The summed E-state index contributed by atoms with van der Waals surface area (Å²) < 4.78 is 0. The van der Waals surface area contributed by atoms with E-state index in [-0.39, 0.29) is 6.61 Å². The van der Waals surface area contributed by atoms with E-state index in [1.807, 2.05) is 18.2 Å². The summed E-state index contributed by atoms with van der Waals surface area (Å²) in [6, 6.07) is 10.3. The van der Waals surface area contributed by atoms with Crippen molar-refractivity contribution in [3.05, 3.63) is 47.0 Å². The minimum absolute atomic E-state index is 0.147. The molecule has 0 radical (unpaired) electrons. The molecule has 0 aliphatic rings. The lowest BCUT2D eigenvalue weighted by Crippen LogP contribution is -2.25. The lowest BCUT2D eigenvalue weighted by molar-refractivity contribution is 0.301. The molecule has 0 bridgehead atoms. The number of hydrogen-bond acceptors (Lipinski definition) is 4. The number of aryl methyl sites for hydroxylation is 1. The molecule has 1 heterocycles. The Kier molecular flexibility index (Phi) is 4.73. The number of aliphatic hydroxyl groups excluding tert-OH is 1. The van der Waals surface area contributed by atoms with Gasteiger partial charge in [0.05, 0.1) is 12.3 Å². The van der Waals surface area contributed by atoms with Crippen molar-refractivity contribution in [2.45, 2.75) is 19.9 Å². The molecule has 0 saturated heterocycles. The highest BCUT2D eigenvalue weighted by atomic mass is 32.1. The van der Waals surface area contributed by atoms with Crippen LogP contribution in [0.3, 0.4) is 0 Å². The second-order valence-electron chi connectivity index (χ2n) is 4.11. The third-order valence-electron chi connectivity index (χ3n) is 2.76. The summed E-state index contributed by atoms with van der Waals surface area (Å²) in [6.07, 6.45) is 0.953. The Morgan fingerprint density at radius 1 is 1.28 bits per heavy atom. The smallest absolute Gasteiger partial charge is 0.185 e. The van der Waals surface area contributed by atoms with Crippen LogP contribution in [0.2, 0.25) is 0 Å². The lowest BCUT2D eigenvalue weighted by atomic mass is 10.2. The van der Waals surface area contributed by atoms with Gasteiger partial charge in [0.15, 0.2) is 5.13 Å². The molecule has 0 unspecified atom stereocenters. The zero-order valence-corrected chi connectivity index (χ0v) is 11.4. The highest BCUT2D eigenvalue weighted by molar-refractivity contribution is 7.13. The van der Waals surface area contributed by atoms with E-state index in [0.29, 0.717) is 6.54 Å². The second kappa shape index (κ2) is 6.52. The van der Waals surface area contributed by atoms with Crippen molar-refractivity contribution in [3.63, 3.8) is 0 Å². The van der Waals surface area contributed by atoms with E-state index in [1.54, 1.807) is 11.3 Å². The van der Waals surface area contributed by atoms with Gasteiger partial charge in [-0.3, -0.25) is 0 Å². The number of anilines is 1. The summed E-state index contributed by atoms with van der Waals surface area (Å²) >= 11 is 1.65. The van der Waals surface area contributed by atoms with Gasteiger partial charge >= 0.3 is 0 Å². The number of aliphatic hydroxyl groups is 1. The quantitative estimate of drug-likeness (QED) is 0.869. The van der Waals surface area contributed by atoms with Crippen molar-refractivity contribution in [1.82, 2.24) is 4.98 Å². The summed E-state index contributed by atoms with van der Waals surface area (Å²) in [4.78, 5) is 6.70. The molecule has 2 aromatic rings. The van der Waals surface area contributed by atoms with Crippen LogP contribution in [0.15, 0.2) is 35.7 Å². The first-order valence-corrected chi connectivity index (χ1v) is 7.05. The van der Waals surface area contributed by atoms with Gasteiger partial charge in [0.25, 0.3) is 0 Å². The second-order valence-corrected chi connectivity index (χ2v) is 4.94. The number of hydrogen-bond donors (Lipinski definition) is 1. The van der Waals surface area contributed by atoms with Crippen LogP contribution in [-0.4, -0.2) is 23.2 Å². The van der Waals surface area contributed by atoms with Crippen LogP contribution in [0.25, 0.3) is 0 Å². The average Bonchev–Trinajstić information content (AvgIpc) is 2.88. The Balaban J connectivity index is 2.12. The molecule has 3 nitrogen and oxygen atoms in total. The van der Waals surface area contributed by atoms with Crippen LogP contribution < -0.4 is 4.90 Å². The monoisotopic (exact) mass is 262 g/mol. The molecule has 1 aromatic carbocycles. The van der Waals surface area contributed by atoms with Gasteiger partial charge in [-0.25, -0.2) is 4.98 Å². The Hall–Kier alpha value is -1.39. The predicted octanol–water partition coefficient (Wildman–Crippen LogP) is 2.70. The SMILES string of the molecule is CCc1csc(N(CCO)Cc2ccccc2)n1. The minimum atomic E-state index is 0.147. The number of benzene rings is 1. The maximum Gasteiger partial charge on any atom is 0.185 e. The van der Waals surface area contributed by atoms with Gasteiger partial charge in [-0.15, -0.1) is 11.3 Å². The van der Waals surface area contributed by atoms with Crippen molar-refractivity contribution < 1.29 is 5.11 Å². The first-order valence-electron chi connectivity index (χ1n) is 6.17. The summed E-state index contributed by atoms with van der Waals surface area (Å²) in [6.45, 7) is 3.66. The lowest BCUT2D eigenvalue weighted by Gasteiger charge is -2.20. The van der Waals surface area contributed by atoms with Crippen molar-refractivity contribution >= 4 is 16.5 Å².